The molecule has 6 nitrogen and oxygen atoms in total. The second-order valence-corrected chi connectivity index (χ2v) is 5.70. The number of carbonyl (C=O) groups excluding carboxylic acids is 2. The van der Waals surface area contributed by atoms with E-state index in [0.29, 0.717) is 26.1 Å². The highest BCUT2D eigenvalue weighted by Gasteiger charge is 2.52. The summed E-state index contributed by atoms with van der Waals surface area (Å²) in [5.74, 6) is -0.296. The normalized spacial score (nSPS) is 43.9. The zero-order chi connectivity index (χ0) is 12.0. The Morgan fingerprint density at radius 2 is 1.76 bits per heavy atom. The first kappa shape index (κ1) is 11.4. The number of carbonyl (C=O) groups is 2. The number of alkyl halides is 1. The van der Waals surface area contributed by atoms with Crippen LogP contribution in [0.15, 0.2) is 0 Å². The van der Waals surface area contributed by atoms with E-state index in [2.05, 4.69) is 26.6 Å². The van der Waals surface area contributed by atoms with Crippen molar-refractivity contribution < 1.29 is 19.1 Å². The highest BCUT2D eigenvalue weighted by Crippen LogP contribution is 2.37. The molecule has 3 aliphatic heterocycles. The molecular formula is C10H13BrN2O4. The first-order valence-corrected chi connectivity index (χ1v) is 6.51. The molecule has 0 aromatic rings. The Morgan fingerprint density at radius 1 is 1.24 bits per heavy atom. The van der Waals surface area contributed by atoms with Crippen molar-refractivity contribution in [1.29, 1.82) is 0 Å². The van der Waals surface area contributed by atoms with E-state index in [9.17, 15) is 9.59 Å². The van der Waals surface area contributed by atoms with Gasteiger partial charge in [0.05, 0.1) is 31.0 Å². The van der Waals surface area contributed by atoms with Crippen molar-refractivity contribution >= 4 is 27.9 Å². The van der Waals surface area contributed by atoms with Crippen LogP contribution in [-0.4, -0.2) is 47.7 Å². The average Bonchev–Trinajstić information content (AvgIpc) is 3.11. The van der Waals surface area contributed by atoms with Crippen LogP contribution in [0.4, 0.5) is 4.79 Å². The number of ether oxygens (including phenoxy) is 2. The smallest absolute Gasteiger partial charge is 0.321 e. The van der Waals surface area contributed by atoms with Crippen LogP contribution >= 0.6 is 15.9 Å². The predicted octanol–water partition coefficient (Wildman–Crippen LogP) is -0.0941. The molecule has 0 bridgehead atoms. The number of rotatable bonds is 4. The third-order valence-corrected chi connectivity index (χ3v) is 4.60. The highest BCUT2D eigenvalue weighted by molar-refractivity contribution is 9.10. The molecule has 7 heteroatoms. The zero-order valence-electron chi connectivity index (χ0n) is 9.07. The minimum atomic E-state index is -0.595. The van der Waals surface area contributed by atoms with Gasteiger partial charge in [-0.15, -0.1) is 0 Å². The first-order chi connectivity index (χ1) is 8.09. The van der Waals surface area contributed by atoms with E-state index in [-0.39, 0.29) is 18.1 Å². The number of nitrogens with one attached hydrogen (secondary N) is 2. The summed E-state index contributed by atoms with van der Waals surface area (Å²) >= 11 is 3.38. The first-order valence-electron chi connectivity index (χ1n) is 5.59. The minimum absolute atomic E-state index is 0.139. The Labute approximate surface area is 107 Å². The maximum atomic E-state index is 11.7. The number of urea groups is 1. The van der Waals surface area contributed by atoms with Crippen LogP contribution < -0.4 is 10.6 Å². The molecule has 0 saturated carbocycles. The zero-order valence-corrected chi connectivity index (χ0v) is 10.7. The molecule has 17 heavy (non-hydrogen) atoms. The van der Waals surface area contributed by atoms with E-state index in [1.165, 1.54) is 0 Å². The summed E-state index contributed by atoms with van der Waals surface area (Å²) in [6.07, 6.45) is 1.56. The molecule has 94 valence electrons. The summed E-state index contributed by atoms with van der Waals surface area (Å²) in [6, 6.07) is -0.438. The summed E-state index contributed by atoms with van der Waals surface area (Å²) in [6.45, 7) is 1.40. The summed E-state index contributed by atoms with van der Waals surface area (Å²) in [5.41, 5.74) is -0.595. The molecule has 0 aromatic heterocycles. The Hall–Kier alpha value is -0.660. The van der Waals surface area contributed by atoms with Gasteiger partial charge in [0.2, 0.25) is 5.91 Å². The van der Waals surface area contributed by atoms with Gasteiger partial charge in [-0.3, -0.25) is 10.1 Å². The number of imide groups is 1. The van der Waals surface area contributed by atoms with Crippen LogP contribution in [0, 0.1) is 0 Å². The van der Waals surface area contributed by atoms with Crippen molar-refractivity contribution in [3.05, 3.63) is 0 Å². The van der Waals surface area contributed by atoms with Crippen LogP contribution in [0.3, 0.4) is 0 Å². The fraction of sp³-hybridized carbons (Fsp3) is 0.800. The molecular weight excluding hydrogens is 292 g/mol. The molecule has 0 aromatic carbocycles. The molecule has 3 atom stereocenters. The van der Waals surface area contributed by atoms with Crippen molar-refractivity contribution in [3.8, 4) is 0 Å². The van der Waals surface area contributed by atoms with Crippen molar-refractivity contribution in [2.75, 3.05) is 13.2 Å². The Balaban J connectivity index is 1.82. The molecule has 0 aliphatic carbocycles. The summed E-state index contributed by atoms with van der Waals surface area (Å²) in [5, 5.41) is 5.13. The van der Waals surface area contributed by atoms with Gasteiger partial charge in [0.15, 0.2) is 0 Å². The SMILES string of the molecule is O=C1NC(=O)C(Br)C(CC2CO2)(CC2CO2)N1. The lowest BCUT2D eigenvalue weighted by Crippen LogP contribution is -2.68. The Kier molecular flexibility index (Phi) is 2.64. The maximum absolute atomic E-state index is 11.7. The standard InChI is InChI=1S/C10H13BrN2O4/c11-7-8(14)12-9(15)13-10(7,1-5-3-16-5)2-6-4-17-6/h5-7H,1-4H2,(H2,12,13,14,15). The summed E-state index contributed by atoms with van der Waals surface area (Å²) < 4.78 is 10.4. The molecule has 3 unspecified atom stereocenters. The molecule has 3 heterocycles. The lowest BCUT2D eigenvalue weighted by molar-refractivity contribution is -0.121. The Bertz CT molecular complexity index is 353. The van der Waals surface area contributed by atoms with E-state index in [1.807, 2.05) is 0 Å². The molecule has 0 radical (unpaired) electrons. The minimum Gasteiger partial charge on any atom is -0.373 e. The Morgan fingerprint density at radius 3 is 2.24 bits per heavy atom. The van der Waals surface area contributed by atoms with Crippen molar-refractivity contribution in [3.63, 3.8) is 0 Å². The fourth-order valence-corrected chi connectivity index (χ4v) is 2.93. The van der Waals surface area contributed by atoms with Crippen LogP contribution in [0.5, 0.6) is 0 Å². The second kappa shape index (κ2) is 3.93. The van der Waals surface area contributed by atoms with Gasteiger partial charge in [-0.2, -0.15) is 0 Å². The third kappa shape index (κ3) is 2.31. The van der Waals surface area contributed by atoms with Gasteiger partial charge >= 0.3 is 6.03 Å². The van der Waals surface area contributed by atoms with E-state index in [0.717, 1.165) is 0 Å². The van der Waals surface area contributed by atoms with E-state index in [4.69, 9.17) is 9.47 Å². The van der Waals surface area contributed by atoms with E-state index < -0.39 is 16.4 Å². The van der Waals surface area contributed by atoms with Crippen LogP contribution in [-0.2, 0) is 14.3 Å². The average molecular weight is 305 g/mol. The number of epoxide rings is 2. The highest BCUT2D eigenvalue weighted by atomic mass is 79.9. The van der Waals surface area contributed by atoms with Gasteiger partial charge in [0.25, 0.3) is 0 Å². The lowest BCUT2D eigenvalue weighted by atomic mass is 9.83. The van der Waals surface area contributed by atoms with Crippen molar-refractivity contribution in [2.24, 2.45) is 0 Å². The molecule has 3 rings (SSSR count). The van der Waals surface area contributed by atoms with Crippen LogP contribution in [0.25, 0.3) is 0 Å². The monoisotopic (exact) mass is 304 g/mol. The quantitative estimate of drug-likeness (QED) is 0.561. The van der Waals surface area contributed by atoms with Gasteiger partial charge in [-0.05, 0) is 0 Å². The fourth-order valence-electron chi connectivity index (χ4n) is 2.32. The molecule has 3 saturated heterocycles. The van der Waals surface area contributed by atoms with Gasteiger partial charge in [-0.25, -0.2) is 4.79 Å². The number of halogens is 1. The topological polar surface area (TPSA) is 83.3 Å². The molecule has 2 N–H and O–H groups in total. The van der Waals surface area contributed by atoms with Crippen molar-refractivity contribution in [1.82, 2.24) is 10.6 Å². The number of hydrogen-bond donors (Lipinski definition) is 2. The van der Waals surface area contributed by atoms with Crippen LogP contribution in [0.2, 0.25) is 0 Å². The third-order valence-electron chi connectivity index (χ3n) is 3.30. The summed E-state index contributed by atoms with van der Waals surface area (Å²) in [4.78, 5) is 22.8. The molecule has 3 fully saturated rings. The lowest BCUT2D eigenvalue weighted by Gasteiger charge is -2.40. The van der Waals surface area contributed by atoms with Gasteiger partial charge < -0.3 is 14.8 Å². The predicted molar refractivity (Wildman–Crippen MR) is 60.8 cm³/mol. The molecule has 3 amide bonds. The summed E-state index contributed by atoms with van der Waals surface area (Å²) in [7, 11) is 0. The maximum Gasteiger partial charge on any atom is 0.321 e. The number of amides is 3. The van der Waals surface area contributed by atoms with Gasteiger partial charge in [0, 0.05) is 12.8 Å². The van der Waals surface area contributed by atoms with Crippen molar-refractivity contribution in [2.45, 2.75) is 35.4 Å². The van der Waals surface area contributed by atoms with Crippen LogP contribution in [0.1, 0.15) is 12.8 Å². The second-order valence-electron chi connectivity index (χ2n) is 4.78. The molecule has 3 aliphatic rings. The molecule has 0 spiro atoms. The van der Waals surface area contributed by atoms with E-state index in [1.54, 1.807) is 0 Å². The van der Waals surface area contributed by atoms with Gasteiger partial charge in [-0.1, -0.05) is 15.9 Å². The van der Waals surface area contributed by atoms with E-state index >= 15 is 0 Å². The van der Waals surface area contributed by atoms with Gasteiger partial charge in [0.1, 0.15) is 4.83 Å². The largest absolute Gasteiger partial charge is 0.373 e. The number of hydrogen-bond acceptors (Lipinski definition) is 4.